The molecule has 1 aromatic heterocycles. The van der Waals surface area contributed by atoms with Crippen molar-refractivity contribution in [3.05, 3.63) is 65.1 Å². The van der Waals surface area contributed by atoms with Gasteiger partial charge in [-0.15, -0.1) is 0 Å². The van der Waals surface area contributed by atoms with E-state index in [0.717, 1.165) is 11.0 Å². The summed E-state index contributed by atoms with van der Waals surface area (Å²) < 4.78 is 30.1. The van der Waals surface area contributed by atoms with Crippen molar-refractivity contribution in [1.29, 1.82) is 0 Å². The molecular formula is C21H24N4O4S. The number of aryl methyl sites for hydroxylation is 2. The van der Waals surface area contributed by atoms with Gasteiger partial charge in [-0.2, -0.15) is 4.31 Å². The first kappa shape index (κ1) is 20.4. The van der Waals surface area contributed by atoms with Crippen molar-refractivity contribution in [2.45, 2.75) is 17.9 Å². The summed E-state index contributed by atoms with van der Waals surface area (Å²) in [5.41, 5.74) is 1.48. The molecule has 158 valence electrons. The number of hydrogen-bond acceptors (Lipinski definition) is 4. The number of nitrogens with zero attached hydrogens (tertiary/aromatic N) is 4. The molecule has 9 heteroatoms. The summed E-state index contributed by atoms with van der Waals surface area (Å²) in [5.74, 6) is -0.0772. The van der Waals surface area contributed by atoms with Crippen molar-refractivity contribution in [3.8, 4) is 0 Å². The Bertz CT molecular complexity index is 1220. The van der Waals surface area contributed by atoms with Crippen LogP contribution in [-0.4, -0.2) is 58.8 Å². The highest BCUT2D eigenvalue weighted by Gasteiger charge is 2.29. The smallest absolute Gasteiger partial charge is 0.328 e. The number of carbonyl (C=O) groups excluding carboxylic acids is 1. The molecule has 0 bridgehead atoms. The normalized spacial score (nSPS) is 15.6. The molecule has 1 aliphatic rings. The highest BCUT2D eigenvalue weighted by Crippen LogP contribution is 2.18. The molecule has 0 radical (unpaired) electrons. The van der Waals surface area contributed by atoms with Crippen LogP contribution < -0.4 is 5.69 Å². The number of fused-ring (bicyclic) bond motifs is 1. The molecule has 3 aromatic rings. The maximum absolute atomic E-state index is 12.7. The first-order valence-corrected chi connectivity index (χ1v) is 11.3. The second kappa shape index (κ2) is 8.08. The Morgan fingerprint density at radius 1 is 0.900 bits per heavy atom. The lowest BCUT2D eigenvalue weighted by atomic mass is 10.3. The topological polar surface area (TPSA) is 84.6 Å². The number of aromatic nitrogens is 2. The predicted octanol–water partition coefficient (Wildman–Crippen LogP) is 1.26. The van der Waals surface area contributed by atoms with Crippen LogP contribution in [0.15, 0.2) is 64.3 Å². The van der Waals surface area contributed by atoms with Gasteiger partial charge in [-0.05, 0) is 24.3 Å². The van der Waals surface area contributed by atoms with Gasteiger partial charge < -0.3 is 4.90 Å². The predicted molar refractivity (Wildman–Crippen MR) is 114 cm³/mol. The van der Waals surface area contributed by atoms with E-state index in [2.05, 4.69) is 0 Å². The Labute approximate surface area is 175 Å². The van der Waals surface area contributed by atoms with Crippen LogP contribution in [0.5, 0.6) is 0 Å². The molecular weight excluding hydrogens is 404 g/mol. The van der Waals surface area contributed by atoms with Crippen molar-refractivity contribution < 1.29 is 13.2 Å². The van der Waals surface area contributed by atoms with E-state index >= 15 is 0 Å². The summed E-state index contributed by atoms with van der Waals surface area (Å²) >= 11 is 0. The maximum atomic E-state index is 12.7. The third-order valence-corrected chi connectivity index (χ3v) is 7.49. The quantitative estimate of drug-likeness (QED) is 0.613. The minimum absolute atomic E-state index is 0.0772. The first-order valence-electron chi connectivity index (χ1n) is 9.87. The molecule has 0 aliphatic carbocycles. The van der Waals surface area contributed by atoms with Gasteiger partial charge in [0, 0.05) is 46.2 Å². The van der Waals surface area contributed by atoms with Crippen molar-refractivity contribution in [3.63, 3.8) is 0 Å². The molecule has 0 atom stereocenters. The Hall–Kier alpha value is -2.91. The van der Waals surface area contributed by atoms with E-state index in [1.165, 1.54) is 4.31 Å². The second-order valence-electron chi connectivity index (χ2n) is 7.33. The van der Waals surface area contributed by atoms with Crippen LogP contribution in [0.4, 0.5) is 0 Å². The number of rotatable bonds is 5. The van der Waals surface area contributed by atoms with Crippen LogP contribution in [0.25, 0.3) is 11.0 Å². The number of para-hydroxylation sites is 2. The number of piperazine rings is 1. The van der Waals surface area contributed by atoms with E-state index in [0.29, 0.717) is 19.6 Å². The van der Waals surface area contributed by atoms with E-state index < -0.39 is 10.0 Å². The number of amides is 1. The molecule has 1 amide bonds. The SMILES string of the molecule is Cn1c(=O)n(CCC(=O)N2CCN(S(=O)(=O)c3ccccc3)CC2)c2ccccc21. The average molecular weight is 429 g/mol. The Kier molecular flexibility index (Phi) is 5.48. The molecule has 0 unspecified atom stereocenters. The van der Waals surface area contributed by atoms with Crippen molar-refractivity contribution in [1.82, 2.24) is 18.3 Å². The van der Waals surface area contributed by atoms with Crippen LogP contribution >= 0.6 is 0 Å². The maximum Gasteiger partial charge on any atom is 0.328 e. The molecule has 2 heterocycles. The first-order chi connectivity index (χ1) is 14.4. The zero-order chi connectivity index (χ0) is 21.3. The van der Waals surface area contributed by atoms with Crippen molar-refractivity contribution >= 4 is 27.0 Å². The molecule has 8 nitrogen and oxygen atoms in total. The van der Waals surface area contributed by atoms with Gasteiger partial charge in [0.25, 0.3) is 0 Å². The van der Waals surface area contributed by atoms with Crippen LogP contribution in [0, 0.1) is 0 Å². The van der Waals surface area contributed by atoms with Gasteiger partial charge in [-0.25, -0.2) is 13.2 Å². The number of hydrogen-bond donors (Lipinski definition) is 0. The van der Waals surface area contributed by atoms with Gasteiger partial charge in [-0.3, -0.25) is 13.9 Å². The summed E-state index contributed by atoms with van der Waals surface area (Å²) in [5, 5.41) is 0. The standard InChI is InChI=1S/C21H24N4O4S/c1-22-18-9-5-6-10-19(18)25(21(22)27)12-11-20(26)23-13-15-24(16-14-23)30(28,29)17-7-3-2-4-8-17/h2-10H,11-16H2,1H3. The molecule has 4 rings (SSSR count). The summed E-state index contributed by atoms with van der Waals surface area (Å²) in [7, 11) is -1.83. The summed E-state index contributed by atoms with van der Waals surface area (Å²) in [6.45, 7) is 1.50. The Morgan fingerprint density at radius 2 is 1.50 bits per heavy atom. The fraction of sp³-hybridized carbons (Fsp3) is 0.333. The number of benzene rings is 2. The van der Waals surface area contributed by atoms with Gasteiger partial charge in [-0.1, -0.05) is 30.3 Å². The molecule has 30 heavy (non-hydrogen) atoms. The highest BCUT2D eigenvalue weighted by molar-refractivity contribution is 7.89. The zero-order valence-corrected chi connectivity index (χ0v) is 17.6. The average Bonchev–Trinajstić information content (AvgIpc) is 3.03. The van der Waals surface area contributed by atoms with Crippen LogP contribution in [-0.2, 0) is 28.4 Å². The van der Waals surface area contributed by atoms with E-state index in [4.69, 9.17) is 0 Å². The lowest BCUT2D eigenvalue weighted by molar-refractivity contribution is -0.132. The Balaban J connectivity index is 1.39. The molecule has 0 N–H and O–H groups in total. The lowest BCUT2D eigenvalue weighted by Crippen LogP contribution is -2.50. The molecule has 1 saturated heterocycles. The van der Waals surface area contributed by atoms with E-state index in [1.807, 2.05) is 24.3 Å². The second-order valence-corrected chi connectivity index (χ2v) is 9.27. The summed E-state index contributed by atoms with van der Waals surface area (Å²) in [6, 6.07) is 15.8. The molecule has 0 spiro atoms. The summed E-state index contributed by atoms with van der Waals surface area (Å²) in [4.78, 5) is 27.1. The van der Waals surface area contributed by atoms with E-state index in [9.17, 15) is 18.0 Å². The Morgan fingerprint density at radius 3 is 2.17 bits per heavy atom. The van der Waals surface area contributed by atoms with Crippen LogP contribution in [0.1, 0.15) is 6.42 Å². The molecule has 2 aromatic carbocycles. The van der Waals surface area contributed by atoms with Gasteiger partial charge in [0.2, 0.25) is 15.9 Å². The third kappa shape index (κ3) is 3.66. The van der Waals surface area contributed by atoms with Crippen molar-refractivity contribution in [2.24, 2.45) is 7.05 Å². The van der Waals surface area contributed by atoms with Gasteiger partial charge in [0.1, 0.15) is 0 Å². The third-order valence-electron chi connectivity index (χ3n) is 5.57. The minimum atomic E-state index is -3.55. The monoisotopic (exact) mass is 428 g/mol. The molecule has 0 saturated carbocycles. The number of imidazole rings is 1. The number of carbonyl (C=O) groups is 1. The fourth-order valence-electron chi connectivity index (χ4n) is 3.86. The van der Waals surface area contributed by atoms with Crippen LogP contribution in [0.3, 0.4) is 0 Å². The molecule has 1 aliphatic heterocycles. The van der Waals surface area contributed by atoms with E-state index in [-0.39, 0.29) is 36.0 Å². The van der Waals surface area contributed by atoms with E-state index in [1.54, 1.807) is 51.4 Å². The van der Waals surface area contributed by atoms with Gasteiger partial charge in [0.05, 0.1) is 15.9 Å². The van der Waals surface area contributed by atoms with Crippen molar-refractivity contribution in [2.75, 3.05) is 26.2 Å². The largest absolute Gasteiger partial charge is 0.340 e. The number of sulfonamides is 1. The van der Waals surface area contributed by atoms with Crippen LogP contribution in [0.2, 0.25) is 0 Å². The summed E-state index contributed by atoms with van der Waals surface area (Å²) in [6.07, 6.45) is 0.194. The van der Waals surface area contributed by atoms with Gasteiger partial charge in [0.15, 0.2) is 0 Å². The molecule has 1 fully saturated rings. The zero-order valence-electron chi connectivity index (χ0n) is 16.8. The lowest BCUT2D eigenvalue weighted by Gasteiger charge is -2.34. The highest BCUT2D eigenvalue weighted by atomic mass is 32.2. The fourth-order valence-corrected chi connectivity index (χ4v) is 5.31. The van der Waals surface area contributed by atoms with Gasteiger partial charge >= 0.3 is 5.69 Å². The minimum Gasteiger partial charge on any atom is -0.340 e.